The van der Waals surface area contributed by atoms with Gasteiger partial charge in [-0.1, -0.05) is 0 Å². The van der Waals surface area contributed by atoms with E-state index in [2.05, 4.69) is 0 Å². The van der Waals surface area contributed by atoms with Gasteiger partial charge in [0.05, 0.1) is 0 Å². The standard InChI is InChI=1S/C11H24N4O4.ClH/c12-4-3-11(10(18)19,2-1-9(16)17)15(7-5-13)8-6-14;/h1-8,12-14H2,(H,16,17)(H,18,19);1H/t11-;/m1./s1. The fourth-order valence-corrected chi connectivity index (χ4v) is 2.19. The third-order valence-corrected chi connectivity index (χ3v) is 3.11. The summed E-state index contributed by atoms with van der Waals surface area (Å²) in [7, 11) is 0. The predicted octanol–water partition coefficient (Wildman–Crippen LogP) is -1.34. The average molecular weight is 313 g/mol. The van der Waals surface area contributed by atoms with E-state index in [-0.39, 0.29) is 51.3 Å². The Morgan fingerprint density at radius 2 is 1.45 bits per heavy atom. The molecule has 8 N–H and O–H groups in total. The zero-order valence-corrected chi connectivity index (χ0v) is 12.3. The van der Waals surface area contributed by atoms with E-state index in [0.29, 0.717) is 13.1 Å². The van der Waals surface area contributed by atoms with Gasteiger partial charge in [0.2, 0.25) is 0 Å². The van der Waals surface area contributed by atoms with Gasteiger partial charge in [-0.2, -0.15) is 0 Å². The van der Waals surface area contributed by atoms with Crippen LogP contribution in [-0.2, 0) is 9.59 Å². The summed E-state index contributed by atoms with van der Waals surface area (Å²) in [4.78, 5) is 24.0. The highest BCUT2D eigenvalue weighted by molar-refractivity contribution is 5.85. The summed E-state index contributed by atoms with van der Waals surface area (Å²) in [5.41, 5.74) is 15.1. The molecule has 0 saturated heterocycles. The normalized spacial score (nSPS) is 13.6. The molecule has 0 fully saturated rings. The third kappa shape index (κ3) is 6.02. The van der Waals surface area contributed by atoms with E-state index in [9.17, 15) is 14.7 Å². The average Bonchev–Trinajstić information content (AvgIpc) is 2.34. The lowest BCUT2D eigenvalue weighted by Gasteiger charge is -2.40. The number of hydrogen-bond donors (Lipinski definition) is 5. The first-order valence-corrected chi connectivity index (χ1v) is 6.25. The molecule has 0 rings (SSSR count). The summed E-state index contributed by atoms with van der Waals surface area (Å²) in [5, 5.41) is 18.3. The second-order valence-corrected chi connectivity index (χ2v) is 4.33. The van der Waals surface area contributed by atoms with Gasteiger partial charge in [-0.15, -0.1) is 12.4 Å². The number of nitrogens with two attached hydrogens (primary N) is 3. The Balaban J connectivity index is 0. The molecule has 0 amide bonds. The summed E-state index contributed by atoms with van der Waals surface area (Å²) in [6.07, 6.45) is -0.0948. The number of halogens is 1. The second-order valence-electron chi connectivity index (χ2n) is 4.33. The first-order valence-electron chi connectivity index (χ1n) is 6.25. The van der Waals surface area contributed by atoms with Crippen LogP contribution in [0.2, 0.25) is 0 Å². The van der Waals surface area contributed by atoms with Gasteiger partial charge in [-0.3, -0.25) is 14.5 Å². The largest absolute Gasteiger partial charge is 0.481 e. The summed E-state index contributed by atoms with van der Waals surface area (Å²) >= 11 is 0. The van der Waals surface area contributed by atoms with Crippen molar-refractivity contribution in [3.05, 3.63) is 0 Å². The monoisotopic (exact) mass is 312 g/mol. The lowest BCUT2D eigenvalue weighted by Crippen LogP contribution is -2.58. The molecule has 0 aromatic rings. The van der Waals surface area contributed by atoms with Crippen molar-refractivity contribution in [3.8, 4) is 0 Å². The number of nitrogens with zero attached hydrogens (tertiary/aromatic N) is 1. The maximum atomic E-state index is 11.6. The van der Waals surface area contributed by atoms with Crippen molar-refractivity contribution in [1.82, 2.24) is 4.90 Å². The number of rotatable bonds is 11. The number of carboxylic acid groups (broad SMARTS) is 2. The van der Waals surface area contributed by atoms with Gasteiger partial charge >= 0.3 is 11.9 Å². The van der Waals surface area contributed by atoms with Gasteiger partial charge < -0.3 is 27.4 Å². The van der Waals surface area contributed by atoms with E-state index in [4.69, 9.17) is 22.3 Å². The molecule has 0 aliphatic rings. The van der Waals surface area contributed by atoms with Crippen LogP contribution in [0, 0.1) is 0 Å². The Hall–Kier alpha value is -0.930. The lowest BCUT2D eigenvalue weighted by atomic mass is 9.87. The molecular formula is C11H25ClN4O4. The highest BCUT2D eigenvalue weighted by Gasteiger charge is 2.43. The van der Waals surface area contributed by atoms with Crippen LogP contribution in [-0.4, -0.2) is 65.3 Å². The fourth-order valence-electron chi connectivity index (χ4n) is 2.19. The van der Waals surface area contributed by atoms with E-state index in [0.717, 1.165) is 0 Å². The Morgan fingerprint density at radius 3 is 1.75 bits per heavy atom. The summed E-state index contributed by atoms with van der Waals surface area (Å²) in [6, 6.07) is 0. The zero-order chi connectivity index (χ0) is 14.9. The maximum absolute atomic E-state index is 11.6. The van der Waals surface area contributed by atoms with Crippen molar-refractivity contribution in [1.29, 1.82) is 0 Å². The molecule has 0 aliphatic carbocycles. The molecule has 120 valence electrons. The number of carbonyl (C=O) groups is 2. The van der Waals surface area contributed by atoms with Crippen molar-refractivity contribution in [2.45, 2.75) is 24.8 Å². The van der Waals surface area contributed by atoms with Crippen molar-refractivity contribution < 1.29 is 19.8 Å². The molecular weight excluding hydrogens is 288 g/mol. The Kier molecular flexibility index (Phi) is 11.6. The molecule has 9 heteroatoms. The highest BCUT2D eigenvalue weighted by Crippen LogP contribution is 2.26. The first kappa shape index (κ1) is 21.4. The molecule has 0 spiro atoms. The van der Waals surface area contributed by atoms with Crippen molar-refractivity contribution in [2.75, 3.05) is 32.7 Å². The van der Waals surface area contributed by atoms with Crippen molar-refractivity contribution in [3.63, 3.8) is 0 Å². The molecule has 0 heterocycles. The van der Waals surface area contributed by atoms with Crippen molar-refractivity contribution >= 4 is 24.3 Å². The highest BCUT2D eigenvalue weighted by atomic mass is 35.5. The predicted molar refractivity (Wildman–Crippen MR) is 77.8 cm³/mol. The minimum Gasteiger partial charge on any atom is -0.481 e. The SMILES string of the molecule is Cl.NCCN(CCN)[C@@](CCN)(CCC(=O)O)C(=O)O. The van der Waals surface area contributed by atoms with Gasteiger partial charge in [0.15, 0.2) is 0 Å². The van der Waals surface area contributed by atoms with Crippen LogP contribution < -0.4 is 17.2 Å². The molecule has 0 bridgehead atoms. The second kappa shape index (κ2) is 10.8. The van der Waals surface area contributed by atoms with E-state index >= 15 is 0 Å². The minimum absolute atomic E-state index is 0. The van der Waals surface area contributed by atoms with Crippen LogP contribution in [0.25, 0.3) is 0 Å². The molecule has 0 unspecified atom stereocenters. The van der Waals surface area contributed by atoms with Gasteiger partial charge in [-0.05, 0) is 19.4 Å². The molecule has 8 nitrogen and oxygen atoms in total. The van der Waals surface area contributed by atoms with E-state index in [1.165, 1.54) is 0 Å². The molecule has 1 atom stereocenters. The third-order valence-electron chi connectivity index (χ3n) is 3.11. The van der Waals surface area contributed by atoms with Gasteiger partial charge in [0.1, 0.15) is 5.54 Å². The Labute approximate surface area is 124 Å². The zero-order valence-electron chi connectivity index (χ0n) is 11.5. The van der Waals surface area contributed by atoms with Crippen LogP contribution in [0.4, 0.5) is 0 Å². The van der Waals surface area contributed by atoms with Crippen LogP contribution >= 0.6 is 12.4 Å². The summed E-state index contributed by atoms with van der Waals surface area (Å²) < 4.78 is 0. The van der Waals surface area contributed by atoms with E-state index < -0.39 is 17.5 Å². The quantitative estimate of drug-likeness (QED) is 0.314. The van der Waals surface area contributed by atoms with Crippen LogP contribution in [0.1, 0.15) is 19.3 Å². The van der Waals surface area contributed by atoms with Crippen LogP contribution in [0.15, 0.2) is 0 Å². The number of carboxylic acids is 2. The summed E-state index contributed by atoms with van der Waals surface area (Å²) in [5.74, 6) is -2.12. The molecule has 0 radical (unpaired) electrons. The number of hydrogen-bond acceptors (Lipinski definition) is 6. The van der Waals surface area contributed by atoms with Gasteiger partial charge in [0, 0.05) is 32.6 Å². The smallest absolute Gasteiger partial charge is 0.324 e. The van der Waals surface area contributed by atoms with Crippen molar-refractivity contribution in [2.24, 2.45) is 17.2 Å². The number of aliphatic carboxylic acids is 2. The molecule has 20 heavy (non-hydrogen) atoms. The lowest BCUT2D eigenvalue weighted by molar-refractivity contribution is -0.153. The molecule has 0 aromatic heterocycles. The van der Waals surface area contributed by atoms with Gasteiger partial charge in [-0.25, -0.2) is 0 Å². The first-order chi connectivity index (χ1) is 8.94. The van der Waals surface area contributed by atoms with E-state index in [1.54, 1.807) is 4.90 Å². The Morgan fingerprint density at radius 1 is 0.950 bits per heavy atom. The molecule has 0 aromatic carbocycles. The Bertz CT molecular complexity index is 300. The maximum Gasteiger partial charge on any atom is 0.324 e. The van der Waals surface area contributed by atoms with Crippen LogP contribution in [0.3, 0.4) is 0 Å². The molecule has 0 aliphatic heterocycles. The minimum atomic E-state index is -1.31. The fraction of sp³-hybridized carbons (Fsp3) is 0.818. The summed E-state index contributed by atoms with van der Waals surface area (Å²) in [6.45, 7) is 1.36. The van der Waals surface area contributed by atoms with E-state index in [1.807, 2.05) is 0 Å². The topological polar surface area (TPSA) is 156 Å². The van der Waals surface area contributed by atoms with Crippen LogP contribution in [0.5, 0.6) is 0 Å². The molecule has 0 saturated carbocycles. The van der Waals surface area contributed by atoms with Gasteiger partial charge in [0.25, 0.3) is 0 Å².